The lowest BCUT2D eigenvalue weighted by atomic mass is 10.0. The Morgan fingerprint density at radius 2 is 1.73 bits per heavy atom. The van der Waals surface area contributed by atoms with Crippen LogP contribution in [0.15, 0.2) is 30.3 Å². The summed E-state index contributed by atoms with van der Waals surface area (Å²) < 4.78 is 0. The monoisotopic (exact) mass is 208 g/mol. The van der Waals surface area contributed by atoms with E-state index in [0.717, 1.165) is 5.56 Å². The summed E-state index contributed by atoms with van der Waals surface area (Å²) in [6.45, 7) is 2.85. The molecular weight excluding hydrogens is 196 g/mol. The Labute approximate surface area is 87.7 Å². The van der Waals surface area contributed by atoms with Gasteiger partial charge in [0, 0.05) is 6.92 Å². The molecule has 0 aliphatic heterocycles. The van der Waals surface area contributed by atoms with Crippen molar-refractivity contribution in [3.63, 3.8) is 0 Å². The fourth-order valence-corrected chi connectivity index (χ4v) is 1.05. The van der Waals surface area contributed by atoms with Gasteiger partial charge in [-0.1, -0.05) is 30.3 Å². The molecule has 0 bridgehead atoms. The third kappa shape index (κ3) is 3.42. The van der Waals surface area contributed by atoms with E-state index in [-0.39, 0.29) is 0 Å². The van der Waals surface area contributed by atoms with Gasteiger partial charge in [0.05, 0.1) is 5.92 Å². The van der Waals surface area contributed by atoms with Gasteiger partial charge in [0.15, 0.2) is 0 Å². The fourth-order valence-electron chi connectivity index (χ4n) is 1.05. The molecule has 0 aromatic heterocycles. The average molecular weight is 208 g/mol. The Balaban J connectivity index is 2.57. The van der Waals surface area contributed by atoms with Crippen molar-refractivity contribution in [1.29, 1.82) is 0 Å². The van der Waals surface area contributed by atoms with Crippen molar-refractivity contribution in [2.24, 2.45) is 0 Å². The van der Waals surface area contributed by atoms with Crippen LogP contribution in [0.4, 0.5) is 0 Å². The van der Waals surface area contributed by atoms with Crippen LogP contribution in [0.25, 0.3) is 0 Å². The minimum atomic E-state index is -0.649. The predicted octanol–water partition coefficient (Wildman–Crippen LogP) is 1.81. The van der Waals surface area contributed by atoms with Crippen LogP contribution in [0, 0.1) is 0 Å². The Morgan fingerprint density at radius 3 is 2.27 bits per heavy atom. The Hall–Kier alpha value is -1.84. The second-order valence-electron chi connectivity index (χ2n) is 3.11. The number of carbonyl (C=O) groups is 2. The topological polar surface area (TPSA) is 52.6 Å². The van der Waals surface area contributed by atoms with Crippen molar-refractivity contribution < 1.29 is 19.4 Å². The van der Waals surface area contributed by atoms with E-state index < -0.39 is 17.9 Å². The van der Waals surface area contributed by atoms with E-state index in [1.54, 1.807) is 19.1 Å². The van der Waals surface area contributed by atoms with Gasteiger partial charge in [-0.2, -0.15) is 0 Å². The van der Waals surface area contributed by atoms with Crippen molar-refractivity contribution in [2.75, 3.05) is 0 Å². The van der Waals surface area contributed by atoms with Crippen LogP contribution < -0.4 is 0 Å². The summed E-state index contributed by atoms with van der Waals surface area (Å²) in [5.74, 6) is -1.69. The highest BCUT2D eigenvalue weighted by Gasteiger charge is 2.18. The standard InChI is InChI=1S/C11H12O4/c1-8(10-6-4-3-5-7-10)11(13)15-14-9(2)12/h3-8H,1-2H3. The molecule has 0 radical (unpaired) electrons. The molecule has 1 aromatic rings. The van der Waals surface area contributed by atoms with Crippen LogP contribution in [-0.2, 0) is 19.4 Å². The smallest absolute Gasteiger partial charge is 0.248 e. The van der Waals surface area contributed by atoms with Gasteiger partial charge in [-0.05, 0) is 12.5 Å². The highest BCUT2D eigenvalue weighted by Crippen LogP contribution is 2.15. The maximum Gasteiger partial charge on any atom is 0.362 e. The third-order valence-electron chi connectivity index (χ3n) is 1.89. The summed E-state index contributed by atoms with van der Waals surface area (Å²) >= 11 is 0. The van der Waals surface area contributed by atoms with E-state index in [4.69, 9.17) is 0 Å². The SMILES string of the molecule is CC(=O)OOC(=O)C(C)c1ccccc1. The van der Waals surface area contributed by atoms with Gasteiger partial charge in [-0.3, -0.25) is 0 Å². The highest BCUT2D eigenvalue weighted by molar-refractivity contribution is 5.78. The minimum Gasteiger partial charge on any atom is -0.248 e. The second kappa shape index (κ2) is 5.14. The quantitative estimate of drug-likeness (QED) is 0.549. The molecule has 0 amide bonds. The van der Waals surface area contributed by atoms with Gasteiger partial charge in [0.1, 0.15) is 0 Å². The third-order valence-corrected chi connectivity index (χ3v) is 1.89. The molecule has 0 aliphatic rings. The maximum atomic E-state index is 11.3. The van der Waals surface area contributed by atoms with E-state index in [1.165, 1.54) is 6.92 Å². The van der Waals surface area contributed by atoms with Crippen molar-refractivity contribution in [3.05, 3.63) is 35.9 Å². The lowest BCUT2D eigenvalue weighted by Gasteiger charge is -2.08. The molecule has 0 saturated heterocycles. The molecule has 0 N–H and O–H groups in total. The normalized spacial score (nSPS) is 11.6. The Bertz CT molecular complexity index is 345. The molecule has 0 aliphatic carbocycles. The van der Waals surface area contributed by atoms with Crippen LogP contribution in [0.3, 0.4) is 0 Å². The van der Waals surface area contributed by atoms with Gasteiger partial charge >= 0.3 is 11.9 Å². The van der Waals surface area contributed by atoms with E-state index in [2.05, 4.69) is 9.78 Å². The summed E-state index contributed by atoms with van der Waals surface area (Å²) in [7, 11) is 0. The zero-order chi connectivity index (χ0) is 11.3. The maximum absolute atomic E-state index is 11.3. The first-order valence-corrected chi connectivity index (χ1v) is 4.55. The number of carbonyl (C=O) groups excluding carboxylic acids is 2. The van der Waals surface area contributed by atoms with Gasteiger partial charge in [0.2, 0.25) is 0 Å². The van der Waals surface area contributed by atoms with Gasteiger partial charge in [-0.15, -0.1) is 0 Å². The van der Waals surface area contributed by atoms with E-state index in [0.29, 0.717) is 0 Å². The highest BCUT2D eigenvalue weighted by atomic mass is 17.2. The molecule has 1 atom stereocenters. The Morgan fingerprint density at radius 1 is 1.13 bits per heavy atom. The van der Waals surface area contributed by atoms with Crippen LogP contribution in [0.5, 0.6) is 0 Å². The molecule has 1 rings (SSSR count). The summed E-state index contributed by atoms with van der Waals surface area (Å²) in [5, 5.41) is 0. The molecule has 0 heterocycles. The molecule has 0 saturated carbocycles. The molecule has 1 unspecified atom stereocenters. The molecule has 15 heavy (non-hydrogen) atoms. The lowest BCUT2D eigenvalue weighted by Crippen LogP contribution is -2.15. The van der Waals surface area contributed by atoms with Crippen LogP contribution >= 0.6 is 0 Å². The molecule has 4 nitrogen and oxygen atoms in total. The molecule has 80 valence electrons. The molecule has 1 aromatic carbocycles. The number of hydrogen-bond donors (Lipinski definition) is 0. The van der Waals surface area contributed by atoms with E-state index in [1.807, 2.05) is 18.2 Å². The first-order valence-electron chi connectivity index (χ1n) is 4.55. The van der Waals surface area contributed by atoms with Crippen molar-refractivity contribution in [2.45, 2.75) is 19.8 Å². The molecule has 0 fully saturated rings. The molecule has 0 spiro atoms. The summed E-state index contributed by atoms with van der Waals surface area (Å²) in [6, 6.07) is 9.11. The fraction of sp³-hybridized carbons (Fsp3) is 0.273. The Kier molecular flexibility index (Phi) is 3.85. The molecule has 4 heteroatoms. The zero-order valence-electron chi connectivity index (χ0n) is 8.60. The van der Waals surface area contributed by atoms with Crippen LogP contribution in [0.1, 0.15) is 25.3 Å². The van der Waals surface area contributed by atoms with Crippen molar-refractivity contribution in [1.82, 2.24) is 0 Å². The number of benzene rings is 1. The lowest BCUT2D eigenvalue weighted by molar-refractivity contribution is -0.258. The predicted molar refractivity (Wildman–Crippen MR) is 52.7 cm³/mol. The molecular formula is C11H12O4. The number of hydrogen-bond acceptors (Lipinski definition) is 4. The summed E-state index contributed by atoms with van der Waals surface area (Å²) in [5.41, 5.74) is 0.814. The summed E-state index contributed by atoms with van der Waals surface area (Å²) in [6.07, 6.45) is 0. The van der Waals surface area contributed by atoms with Gasteiger partial charge in [0.25, 0.3) is 0 Å². The van der Waals surface area contributed by atoms with Crippen molar-refractivity contribution >= 4 is 11.9 Å². The second-order valence-corrected chi connectivity index (χ2v) is 3.11. The van der Waals surface area contributed by atoms with Crippen LogP contribution in [-0.4, -0.2) is 11.9 Å². The first kappa shape index (κ1) is 11.2. The zero-order valence-corrected chi connectivity index (χ0v) is 8.60. The van der Waals surface area contributed by atoms with Crippen LogP contribution in [0.2, 0.25) is 0 Å². The average Bonchev–Trinajstić information content (AvgIpc) is 2.26. The first-order chi connectivity index (χ1) is 7.11. The summed E-state index contributed by atoms with van der Waals surface area (Å²) in [4.78, 5) is 30.2. The number of rotatable bonds is 2. The van der Waals surface area contributed by atoms with Gasteiger partial charge < -0.3 is 0 Å². The van der Waals surface area contributed by atoms with Gasteiger partial charge in [-0.25, -0.2) is 19.4 Å². The van der Waals surface area contributed by atoms with E-state index >= 15 is 0 Å². The van der Waals surface area contributed by atoms with E-state index in [9.17, 15) is 9.59 Å². The largest absolute Gasteiger partial charge is 0.362 e. The minimum absolute atomic E-state index is 0.453. The van der Waals surface area contributed by atoms with Crippen molar-refractivity contribution in [3.8, 4) is 0 Å².